The first-order valence-electron chi connectivity index (χ1n) is 8.44. The lowest BCUT2D eigenvalue weighted by atomic mass is 9.89. The van der Waals surface area contributed by atoms with Crippen molar-refractivity contribution in [3.8, 4) is 0 Å². The Hall–Kier alpha value is -0.650. The molecule has 0 bridgehead atoms. The fourth-order valence-corrected chi connectivity index (χ4v) is 4.44. The molecule has 1 saturated heterocycles. The van der Waals surface area contributed by atoms with E-state index in [0.29, 0.717) is 5.13 Å². The standard InChI is InChI=1S/C16H28N4S/c17-16-18-11-15(21-16)13-20-8-4-7-19(9-10-20)12-14-5-2-1-3-6-14/h11,14H,1-10,12-13H2,(H2,17,18). The van der Waals surface area contributed by atoms with Crippen LogP contribution in [0.25, 0.3) is 0 Å². The monoisotopic (exact) mass is 308 g/mol. The highest BCUT2D eigenvalue weighted by Gasteiger charge is 2.20. The van der Waals surface area contributed by atoms with Gasteiger partial charge in [0.05, 0.1) is 0 Å². The van der Waals surface area contributed by atoms with Crippen LogP contribution in [0, 0.1) is 5.92 Å². The highest BCUT2D eigenvalue weighted by Crippen LogP contribution is 2.25. The lowest BCUT2D eigenvalue weighted by Gasteiger charge is -2.28. The second kappa shape index (κ2) is 7.56. The Balaban J connectivity index is 1.45. The maximum Gasteiger partial charge on any atom is 0.180 e. The molecule has 1 aromatic heterocycles. The van der Waals surface area contributed by atoms with Crippen LogP contribution >= 0.6 is 11.3 Å². The number of nitrogens with two attached hydrogens (primary N) is 1. The van der Waals surface area contributed by atoms with Crippen molar-refractivity contribution in [3.05, 3.63) is 11.1 Å². The van der Waals surface area contributed by atoms with E-state index in [0.717, 1.165) is 12.5 Å². The Morgan fingerprint density at radius 3 is 2.57 bits per heavy atom. The van der Waals surface area contributed by atoms with Crippen LogP contribution in [0.15, 0.2) is 6.20 Å². The van der Waals surface area contributed by atoms with Gasteiger partial charge in [-0.3, -0.25) is 4.90 Å². The quantitative estimate of drug-likeness (QED) is 0.929. The molecule has 2 aliphatic rings. The van der Waals surface area contributed by atoms with Gasteiger partial charge in [0.25, 0.3) is 0 Å². The number of anilines is 1. The first-order valence-corrected chi connectivity index (χ1v) is 9.26. The van der Waals surface area contributed by atoms with Gasteiger partial charge in [0.2, 0.25) is 0 Å². The van der Waals surface area contributed by atoms with Gasteiger partial charge >= 0.3 is 0 Å². The molecule has 0 amide bonds. The molecule has 0 aromatic carbocycles. The minimum atomic E-state index is 0.693. The second-order valence-electron chi connectivity index (χ2n) is 6.60. The third kappa shape index (κ3) is 4.66. The molecule has 2 heterocycles. The van der Waals surface area contributed by atoms with Gasteiger partial charge in [0.15, 0.2) is 5.13 Å². The van der Waals surface area contributed by atoms with E-state index in [1.54, 1.807) is 11.3 Å². The fraction of sp³-hybridized carbons (Fsp3) is 0.812. The van der Waals surface area contributed by atoms with Crippen LogP contribution in [0.1, 0.15) is 43.4 Å². The summed E-state index contributed by atoms with van der Waals surface area (Å²) in [5, 5.41) is 0.693. The molecule has 4 nitrogen and oxygen atoms in total. The first kappa shape index (κ1) is 15.3. The van der Waals surface area contributed by atoms with Crippen molar-refractivity contribution in [2.45, 2.75) is 45.1 Å². The number of thiazole rings is 1. The molecular formula is C16H28N4S. The molecule has 2 N–H and O–H groups in total. The summed E-state index contributed by atoms with van der Waals surface area (Å²) in [5.41, 5.74) is 5.72. The van der Waals surface area contributed by atoms with Crippen molar-refractivity contribution in [3.63, 3.8) is 0 Å². The van der Waals surface area contributed by atoms with E-state index in [9.17, 15) is 0 Å². The Morgan fingerprint density at radius 1 is 1.05 bits per heavy atom. The summed E-state index contributed by atoms with van der Waals surface area (Å²) in [6.07, 6.45) is 10.5. The molecule has 0 unspecified atom stereocenters. The first-order chi connectivity index (χ1) is 10.3. The molecule has 0 spiro atoms. The summed E-state index contributed by atoms with van der Waals surface area (Å²) in [4.78, 5) is 10.7. The minimum Gasteiger partial charge on any atom is -0.375 e. The number of aromatic nitrogens is 1. The third-order valence-corrected chi connectivity index (χ3v) is 5.68. The maximum absolute atomic E-state index is 5.72. The van der Waals surface area contributed by atoms with E-state index in [4.69, 9.17) is 5.73 Å². The lowest BCUT2D eigenvalue weighted by Crippen LogP contribution is -2.34. The van der Waals surface area contributed by atoms with Crippen LogP contribution in [0.4, 0.5) is 5.13 Å². The summed E-state index contributed by atoms with van der Waals surface area (Å²) in [6.45, 7) is 7.25. The second-order valence-corrected chi connectivity index (χ2v) is 7.75. The molecule has 5 heteroatoms. The van der Waals surface area contributed by atoms with Gasteiger partial charge < -0.3 is 10.6 Å². The summed E-state index contributed by atoms with van der Waals surface area (Å²) in [5.74, 6) is 0.964. The van der Waals surface area contributed by atoms with Gasteiger partial charge in [0, 0.05) is 37.3 Å². The van der Waals surface area contributed by atoms with Crippen molar-refractivity contribution in [1.82, 2.24) is 14.8 Å². The molecule has 2 fully saturated rings. The zero-order valence-corrected chi connectivity index (χ0v) is 13.8. The molecular weight excluding hydrogens is 280 g/mol. The molecule has 0 atom stereocenters. The van der Waals surface area contributed by atoms with Crippen LogP contribution in [0.3, 0.4) is 0 Å². The topological polar surface area (TPSA) is 45.4 Å². The third-order valence-electron chi connectivity index (χ3n) is 4.87. The summed E-state index contributed by atoms with van der Waals surface area (Å²) in [6, 6.07) is 0. The van der Waals surface area contributed by atoms with Crippen molar-refractivity contribution >= 4 is 16.5 Å². The molecule has 1 aromatic rings. The van der Waals surface area contributed by atoms with Crippen LogP contribution in [0.2, 0.25) is 0 Å². The molecule has 1 aliphatic heterocycles. The number of nitrogen functional groups attached to an aromatic ring is 1. The normalized spacial score (nSPS) is 23.2. The van der Waals surface area contributed by atoms with Crippen LogP contribution < -0.4 is 5.73 Å². The van der Waals surface area contributed by atoms with Crippen LogP contribution in [0.5, 0.6) is 0 Å². The summed E-state index contributed by atoms with van der Waals surface area (Å²) in [7, 11) is 0. The Kier molecular flexibility index (Phi) is 5.49. The summed E-state index contributed by atoms with van der Waals surface area (Å²) < 4.78 is 0. The number of nitrogens with zero attached hydrogens (tertiary/aromatic N) is 3. The van der Waals surface area contributed by atoms with E-state index in [1.807, 2.05) is 6.20 Å². The zero-order chi connectivity index (χ0) is 14.5. The van der Waals surface area contributed by atoms with Gasteiger partial charge in [-0.15, -0.1) is 11.3 Å². The zero-order valence-electron chi connectivity index (χ0n) is 13.0. The van der Waals surface area contributed by atoms with Crippen molar-refractivity contribution < 1.29 is 0 Å². The highest BCUT2D eigenvalue weighted by atomic mass is 32.1. The maximum atomic E-state index is 5.72. The number of hydrogen-bond donors (Lipinski definition) is 1. The fourth-order valence-electron chi connectivity index (χ4n) is 3.72. The number of rotatable bonds is 4. The number of hydrogen-bond acceptors (Lipinski definition) is 5. The van der Waals surface area contributed by atoms with Gasteiger partial charge in [-0.2, -0.15) is 0 Å². The molecule has 118 valence electrons. The van der Waals surface area contributed by atoms with Gasteiger partial charge in [0.1, 0.15) is 0 Å². The van der Waals surface area contributed by atoms with Gasteiger partial charge in [-0.05, 0) is 38.3 Å². The molecule has 1 saturated carbocycles. The Labute approximate surface area is 132 Å². The molecule has 0 radical (unpaired) electrons. The largest absolute Gasteiger partial charge is 0.375 e. The predicted octanol–water partition coefficient (Wildman–Crippen LogP) is 2.81. The van der Waals surface area contributed by atoms with Crippen LogP contribution in [-0.4, -0.2) is 47.5 Å². The van der Waals surface area contributed by atoms with Crippen LogP contribution in [-0.2, 0) is 6.54 Å². The Bertz CT molecular complexity index is 428. The van der Waals surface area contributed by atoms with E-state index < -0.39 is 0 Å². The minimum absolute atomic E-state index is 0.693. The van der Waals surface area contributed by atoms with E-state index >= 15 is 0 Å². The smallest absolute Gasteiger partial charge is 0.180 e. The van der Waals surface area contributed by atoms with Crippen molar-refractivity contribution in [2.75, 3.05) is 38.5 Å². The lowest BCUT2D eigenvalue weighted by molar-refractivity contribution is 0.200. The molecule has 21 heavy (non-hydrogen) atoms. The average Bonchev–Trinajstić information content (AvgIpc) is 2.77. The van der Waals surface area contributed by atoms with Gasteiger partial charge in [-0.1, -0.05) is 19.3 Å². The van der Waals surface area contributed by atoms with E-state index in [1.165, 1.54) is 76.1 Å². The SMILES string of the molecule is Nc1ncc(CN2CCCN(CC3CCCCC3)CC2)s1. The van der Waals surface area contributed by atoms with E-state index in [2.05, 4.69) is 14.8 Å². The Morgan fingerprint density at radius 2 is 1.81 bits per heavy atom. The predicted molar refractivity (Wildman–Crippen MR) is 89.4 cm³/mol. The van der Waals surface area contributed by atoms with Crippen molar-refractivity contribution in [1.29, 1.82) is 0 Å². The molecule has 1 aliphatic carbocycles. The summed E-state index contributed by atoms with van der Waals surface area (Å²) >= 11 is 1.63. The van der Waals surface area contributed by atoms with Crippen molar-refractivity contribution in [2.24, 2.45) is 5.92 Å². The van der Waals surface area contributed by atoms with Gasteiger partial charge in [-0.25, -0.2) is 4.98 Å². The average molecular weight is 308 g/mol. The van der Waals surface area contributed by atoms with E-state index in [-0.39, 0.29) is 0 Å². The highest BCUT2D eigenvalue weighted by molar-refractivity contribution is 7.15. The molecule has 3 rings (SSSR count).